The van der Waals surface area contributed by atoms with Crippen molar-refractivity contribution >= 4 is 0 Å². The fourth-order valence-electron chi connectivity index (χ4n) is 2.23. The molecule has 1 atom stereocenters. The number of ether oxygens (including phenoxy) is 1. The standard InChI is InChI=1S/C11H24N2O/c1-12-7-3-4-11(13-2)10-5-8-14-9-6-10/h10-13H,3-9H2,1-2H3. The lowest BCUT2D eigenvalue weighted by Crippen LogP contribution is -2.37. The smallest absolute Gasteiger partial charge is 0.0469 e. The highest BCUT2D eigenvalue weighted by Gasteiger charge is 2.21. The van der Waals surface area contributed by atoms with E-state index in [1.807, 2.05) is 7.05 Å². The largest absolute Gasteiger partial charge is 0.381 e. The van der Waals surface area contributed by atoms with Crippen LogP contribution in [-0.2, 0) is 4.74 Å². The molecule has 1 unspecified atom stereocenters. The molecule has 0 spiro atoms. The lowest BCUT2D eigenvalue weighted by Gasteiger charge is -2.30. The topological polar surface area (TPSA) is 33.3 Å². The van der Waals surface area contributed by atoms with Crippen LogP contribution in [0, 0.1) is 5.92 Å². The van der Waals surface area contributed by atoms with Crippen molar-refractivity contribution in [3.8, 4) is 0 Å². The predicted molar refractivity (Wildman–Crippen MR) is 59.6 cm³/mol. The Bertz CT molecular complexity index is 135. The van der Waals surface area contributed by atoms with E-state index < -0.39 is 0 Å². The summed E-state index contributed by atoms with van der Waals surface area (Å²) in [5.74, 6) is 0.825. The monoisotopic (exact) mass is 200 g/mol. The summed E-state index contributed by atoms with van der Waals surface area (Å²) in [6, 6.07) is 0.687. The second-order valence-corrected chi connectivity index (χ2v) is 4.09. The van der Waals surface area contributed by atoms with Crippen molar-refractivity contribution in [1.29, 1.82) is 0 Å². The van der Waals surface area contributed by atoms with Crippen molar-refractivity contribution in [2.45, 2.75) is 31.7 Å². The Kier molecular flexibility index (Phi) is 6.15. The molecule has 0 radical (unpaired) electrons. The van der Waals surface area contributed by atoms with Crippen molar-refractivity contribution in [3.63, 3.8) is 0 Å². The summed E-state index contributed by atoms with van der Waals surface area (Å²) in [5, 5.41) is 6.64. The van der Waals surface area contributed by atoms with Crippen molar-refractivity contribution in [3.05, 3.63) is 0 Å². The first kappa shape index (κ1) is 12.0. The molecule has 0 bridgehead atoms. The van der Waals surface area contributed by atoms with Crippen LogP contribution >= 0.6 is 0 Å². The number of rotatable bonds is 6. The molecule has 2 N–H and O–H groups in total. The fraction of sp³-hybridized carbons (Fsp3) is 1.00. The third kappa shape index (κ3) is 3.95. The van der Waals surface area contributed by atoms with Gasteiger partial charge in [0.25, 0.3) is 0 Å². The molecular weight excluding hydrogens is 176 g/mol. The van der Waals surface area contributed by atoms with E-state index in [2.05, 4.69) is 17.7 Å². The Labute approximate surface area is 87.6 Å². The average molecular weight is 200 g/mol. The van der Waals surface area contributed by atoms with Crippen LogP contribution in [0.25, 0.3) is 0 Å². The second-order valence-electron chi connectivity index (χ2n) is 4.09. The molecule has 0 aromatic rings. The van der Waals surface area contributed by atoms with Crippen molar-refractivity contribution in [1.82, 2.24) is 10.6 Å². The van der Waals surface area contributed by atoms with Gasteiger partial charge in [0.05, 0.1) is 0 Å². The number of nitrogens with one attached hydrogen (secondary N) is 2. The molecule has 1 heterocycles. The highest BCUT2D eigenvalue weighted by atomic mass is 16.5. The summed E-state index contributed by atoms with van der Waals surface area (Å²) >= 11 is 0. The lowest BCUT2D eigenvalue weighted by molar-refractivity contribution is 0.0534. The molecule has 0 aromatic carbocycles. The summed E-state index contributed by atoms with van der Waals surface area (Å²) in [6.07, 6.45) is 5.00. The summed E-state index contributed by atoms with van der Waals surface area (Å²) < 4.78 is 5.38. The average Bonchev–Trinajstić information content (AvgIpc) is 2.26. The minimum atomic E-state index is 0.687. The quantitative estimate of drug-likeness (QED) is 0.628. The molecular formula is C11H24N2O. The summed E-state index contributed by atoms with van der Waals surface area (Å²) in [5.41, 5.74) is 0. The van der Waals surface area contributed by atoms with Crippen molar-refractivity contribution < 1.29 is 4.74 Å². The van der Waals surface area contributed by atoms with E-state index in [4.69, 9.17) is 4.74 Å². The SMILES string of the molecule is CNCCCC(NC)C1CCOCC1. The molecule has 0 aromatic heterocycles. The first-order valence-electron chi connectivity index (χ1n) is 5.78. The normalized spacial score (nSPS) is 21.0. The van der Waals surface area contributed by atoms with Gasteiger partial charge in [-0.1, -0.05) is 0 Å². The highest BCUT2D eigenvalue weighted by molar-refractivity contribution is 4.77. The summed E-state index contributed by atoms with van der Waals surface area (Å²) in [6.45, 7) is 3.03. The van der Waals surface area contributed by atoms with Crippen molar-refractivity contribution in [2.75, 3.05) is 33.9 Å². The van der Waals surface area contributed by atoms with E-state index in [-0.39, 0.29) is 0 Å². The first-order chi connectivity index (χ1) is 6.88. The van der Waals surface area contributed by atoms with Gasteiger partial charge in [0.15, 0.2) is 0 Å². The Hall–Kier alpha value is -0.120. The number of hydrogen-bond donors (Lipinski definition) is 2. The van der Waals surface area contributed by atoms with Crippen LogP contribution in [0.15, 0.2) is 0 Å². The van der Waals surface area contributed by atoms with Crippen LogP contribution in [0.5, 0.6) is 0 Å². The van der Waals surface area contributed by atoms with Crippen LogP contribution in [0.2, 0.25) is 0 Å². The maximum Gasteiger partial charge on any atom is 0.0469 e. The molecule has 0 aliphatic carbocycles. The zero-order valence-electron chi connectivity index (χ0n) is 9.51. The van der Waals surface area contributed by atoms with Gasteiger partial charge in [0, 0.05) is 19.3 Å². The van der Waals surface area contributed by atoms with Gasteiger partial charge in [-0.05, 0) is 52.2 Å². The van der Waals surface area contributed by atoms with Gasteiger partial charge in [-0.25, -0.2) is 0 Å². The van der Waals surface area contributed by atoms with Crippen molar-refractivity contribution in [2.24, 2.45) is 5.92 Å². The van der Waals surface area contributed by atoms with Gasteiger partial charge >= 0.3 is 0 Å². The van der Waals surface area contributed by atoms with E-state index in [1.54, 1.807) is 0 Å². The van der Waals surface area contributed by atoms with E-state index in [1.165, 1.54) is 25.7 Å². The molecule has 1 fully saturated rings. The molecule has 1 aliphatic heterocycles. The van der Waals surface area contributed by atoms with E-state index in [0.717, 1.165) is 25.7 Å². The third-order valence-electron chi connectivity index (χ3n) is 3.15. The molecule has 3 heteroatoms. The molecule has 0 amide bonds. The molecule has 0 saturated carbocycles. The second kappa shape index (κ2) is 7.21. The van der Waals surface area contributed by atoms with Crippen LogP contribution < -0.4 is 10.6 Å². The first-order valence-corrected chi connectivity index (χ1v) is 5.78. The van der Waals surface area contributed by atoms with Gasteiger partial charge in [-0.3, -0.25) is 0 Å². The van der Waals surface area contributed by atoms with Gasteiger partial charge in [0.1, 0.15) is 0 Å². The zero-order valence-corrected chi connectivity index (χ0v) is 9.51. The molecule has 1 rings (SSSR count). The van der Waals surface area contributed by atoms with Gasteiger partial charge in [-0.15, -0.1) is 0 Å². The maximum atomic E-state index is 5.38. The van der Waals surface area contributed by atoms with Gasteiger partial charge < -0.3 is 15.4 Å². The maximum absolute atomic E-state index is 5.38. The molecule has 14 heavy (non-hydrogen) atoms. The fourth-order valence-corrected chi connectivity index (χ4v) is 2.23. The lowest BCUT2D eigenvalue weighted by atomic mass is 9.89. The van der Waals surface area contributed by atoms with E-state index >= 15 is 0 Å². The predicted octanol–water partition coefficient (Wildman–Crippen LogP) is 1.00. The van der Waals surface area contributed by atoms with Gasteiger partial charge in [0.2, 0.25) is 0 Å². The Balaban J connectivity index is 2.21. The minimum Gasteiger partial charge on any atom is -0.381 e. The highest BCUT2D eigenvalue weighted by Crippen LogP contribution is 2.21. The van der Waals surface area contributed by atoms with Crippen LogP contribution in [0.1, 0.15) is 25.7 Å². The Morgan fingerprint density at radius 1 is 1.29 bits per heavy atom. The molecule has 1 saturated heterocycles. The Morgan fingerprint density at radius 2 is 2.00 bits per heavy atom. The summed E-state index contributed by atoms with van der Waals surface area (Å²) in [7, 11) is 4.10. The van der Waals surface area contributed by atoms with Crippen LogP contribution in [0.3, 0.4) is 0 Å². The van der Waals surface area contributed by atoms with E-state index in [0.29, 0.717) is 6.04 Å². The third-order valence-corrected chi connectivity index (χ3v) is 3.15. The van der Waals surface area contributed by atoms with Gasteiger partial charge in [-0.2, -0.15) is 0 Å². The van der Waals surface area contributed by atoms with E-state index in [9.17, 15) is 0 Å². The summed E-state index contributed by atoms with van der Waals surface area (Å²) in [4.78, 5) is 0. The van der Waals surface area contributed by atoms with Crippen LogP contribution in [-0.4, -0.2) is 39.9 Å². The molecule has 1 aliphatic rings. The molecule has 3 nitrogen and oxygen atoms in total. The molecule has 84 valence electrons. The minimum absolute atomic E-state index is 0.687. The Morgan fingerprint density at radius 3 is 2.57 bits per heavy atom. The zero-order chi connectivity index (χ0) is 10.2. The van der Waals surface area contributed by atoms with Crippen LogP contribution in [0.4, 0.5) is 0 Å². The number of hydrogen-bond acceptors (Lipinski definition) is 3.